The molecule has 0 unspecified atom stereocenters. The number of benzene rings is 2. The van der Waals surface area contributed by atoms with Gasteiger partial charge in [-0.2, -0.15) is 0 Å². The molecule has 1 aromatic heterocycles. The Morgan fingerprint density at radius 2 is 1.82 bits per heavy atom. The van der Waals surface area contributed by atoms with Crippen molar-refractivity contribution in [2.24, 2.45) is 0 Å². The van der Waals surface area contributed by atoms with E-state index in [9.17, 15) is 18.4 Å². The number of anilines is 1. The topological polar surface area (TPSA) is 62.3 Å². The summed E-state index contributed by atoms with van der Waals surface area (Å²) in [6.07, 6.45) is 0. The molecule has 0 bridgehead atoms. The summed E-state index contributed by atoms with van der Waals surface area (Å²) < 4.78 is 26.3. The van der Waals surface area contributed by atoms with E-state index in [1.165, 1.54) is 53.6 Å². The molecular weight excluding hydrogens is 384 g/mol. The van der Waals surface area contributed by atoms with E-state index in [1.54, 1.807) is 25.1 Å². The molecule has 0 atom stereocenters. The maximum Gasteiger partial charge on any atom is 0.266 e. The van der Waals surface area contributed by atoms with Gasteiger partial charge in [0.05, 0.1) is 12.2 Å². The fourth-order valence-electron chi connectivity index (χ4n) is 2.54. The van der Waals surface area contributed by atoms with Crippen molar-refractivity contribution in [3.05, 3.63) is 70.7 Å². The van der Waals surface area contributed by atoms with Crippen LogP contribution in [0.15, 0.2) is 48.5 Å². The van der Waals surface area contributed by atoms with Crippen LogP contribution in [0.1, 0.15) is 15.4 Å². The predicted octanol–water partition coefficient (Wildman–Crippen LogP) is 4.11. The van der Waals surface area contributed by atoms with Crippen molar-refractivity contribution in [1.82, 2.24) is 9.88 Å². The van der Waals surface area contributed by atoms with E-state index in [-0.39, 0.29) is 18.3 Å². The molecule has 2 aromatic carbocycles. The van der Waals surface area contributed by atoms with E-state index in [0.717, 1.165) is 0 Å². The molecule has 1 N–H and O–H groups in total. The highest BCUT2D eigenvalue weighted by Gasteiger charge is 2.21. The van der Waals surface area contributed by atoms with Crippen LogP contribution >= 0.6 is 11.3 Å². The molecule has 1 heterocycles. The Morgan fingerprint density at radius 1 is 1.11 bits per heavy atom. The largest absolute Gasteiger partial charge is 0.332 e. The molecule has 8 heteroatoms. The minimum Gasteiger partial charge on any atom is -0.332 e. The Morgan fingerprint density at radius 3 is 2.50 bits per heavy atom. The third-order valence-electron chi connectivity index (χ3n) is 3.92. The molecular formula is C20H17F2N3O2S. The number of aromatic nitrogens is 1. The normalized spacial score (nSPS) is 10.6. The number of thiazole rings is 1. The van der Waals surface area contributed by atoms with Gasteiger partial charge in [-0.15, -0.1) is 11.3 Å². The maximum absolute atomic E-state index is 13.2. The smallest absolute Gasteiger partial charge is 0.266 e. The Kier molecular flexibility index (Phi) is 5.79. The van der Waals surface area contributed by atoms with Crippen LogP contribution in [-0.4, -0.2) is 35.3 Å². The molecule has 3 rings (SSSR count). The van der Waals surface area contributed by atoms with Gasteiger partial charge >= 0.3 is 0 Å². The summed E-state index contributed by atoms with van der Waals surface area (Å²) >= 11 is 1.18. The van der Waals surface area contributed by atoms with Gasteiger partial charge in [0.15, 0.2) is 0 Å². The highest BCUT2D eigenvalue weighted by Crippen LogP contribution is 2.28. The number of aryl methyl sites for hydroxylation is 1. The van der Waals surface area contributed by atoms with Gasteiger partial charge in [-0.1, -0.05) is 6.07 Å². The van der Waals surface area contributed by atoms with Crippen molar-refractivity contribution in [2.75, 3.05) is 18.9 Å². The molecule has 28 heavy (non-hydrogen) atoms. The first kappa shape index (κ1) is 19.6. The van der Waals surface area contributed by atoms with Crippen molar-refractivity contribution in [3.63, 3.8) is 0 Å². The number of carbonyl (C=O) groups excluding carboxylic acids is 2. The van der Waals surface area contributed by atoms with Gasteiger partial charge in [0.1, 0.15) is 21.5 Å². The molecule has 2 amide bonds. The molecule has 0 aliphatic rings. The van der Waals surface area contributed by atoms with Crippen LogP contribution in [0.5, 0.6) is 0 Å². The van der Waals surface area contributed by atoms with E-state index >= 15 is 0 Å². The van der Waals surface area contributed by atoms with Gasteiger partial charge in [0.25, 0.3) is 5.91 Å². The predicted molar refractivity (Wildman–Crippen MR) is 104 cm³/mol. The summed E-state index contributed by atoms with van der Waals surface area (Å²) in [6.45, 7) is 1.51. The second kappa shape index (κ2) is 8.26. The van der Waals surface area contributed by atoms with Crippen molar-refractivity contribution in [1.29, 1.82) is 0 Å². The number of nitrogens with zero attached hydrogens (tertiary/aromatic N) is 2. The molecule has 0 saturated heterocycles. The second-order valence-electron chi connectivity index (χ2n) is 6.16. The highest BCUT2D eigenvalue weighted by molar-refractivity contribution is 7.17. The lowest BCUT2D eigenvalue weighted by Gasteiger charge is -2.16. The summed E-state index contributed by atoms with van der Waals surface area (Å²) in [4.78, 5) is 30.9. The maximum atomic E-state index is 13.2. The summed E-state index contributed by atoms with van der Waals surface area (Å²) in [7, 11) is 1.50. The Labute approximate surface area is 164 Å². The van der Waals surface area contributed by atoms with Crippen molar-refractivity contribution in [3.8, 4) is 10.6 Å². The van der Waals surface area contributed by atoms with Crippen LogP contribution in [0.4, 0.5) is 14.5 Å². The van der Waals surface area contributed by atoms with Crippen LogP contribution in [0.3, 0.4) is 0 Å². The molecule has 0 fully saturated rings. The van der Waals surface area contributed by atoms with Crippen molar-refractivity contribution < 1.29 is 18.4 Å². The molecule has 3 aromatic rings. The summed E-state index contributed by atoms with van der Waals surface area (Å²) in [5.74, 6) is -1.60. The van der Waals surface area contributed by atoms with Crippen LogP contribution < -0.4 is 5.32 Å². The molecule has 0 aliphatic carbocycles. The van der Waals surface area contributed by atoms with Crippen molar-refractivity contribution in [2.45, 2.75) is 6.92 Å². The summed E-state index contributed by atoms with van der Waals surface area (Å²) in [6, 6.07) is 11.4. The minimum absolute atomic E-state index is 0.196. The fraction of sp³-hybridized carbons (Fsp3) is 0.150. The summed E-state index contributed by atoms with van der Waals surface area (Å²) in [5, 5.41) is 3.15. The molecule has 0 radical (unpaired) electrons. The third kappa shape index (κ3) is 4.58. The van der Waals surface area contributed by atoms with Crippen molar-refractivity contribution >= 4 is 28.8 Å². The molecule has 0 aliphatic heterocycles. The second-order valence-corrected chi connectivity index (χ2v) is 7.16. The van der Waals surface area contributed by atoms with E-state index < -0.39 is 11.7 Å². The standard InChI is InChI=1S/C20H17F2N3O2S/c1-12-18(28-19(23-12)13-6-8-14(21)9-7-13)20(27)25(2)11-17(26)24-16-5-3-4-15(22)10-16/h3-10H,11H2,1-2H3,(H,24,26). The lowest BCUT2D eigenvalue weighted by molar-refractivity contribution is -0.116. The fourth-order valence-corrected chi connectivity index (χ4v) is 3.60. The quantitative estimate of drug-likeness (QED) is 0.700. The van der Waals surface area contributed by atoms with Gasteiger partial charge in [0.2, 0.25) is 5.91 Å². The number of nitrogens with one attached hydrogen (secondary N) is 1. The Balaban J connectivity index is 1.69. The lowest BCUT2D eigenvalue weighted by Crippen LogP contribution is -2.34. The number of likely N-dealkylation sites (N-methyl/N-ethyl adjacent to an activating group) is 1. The Hall–Kier alpha value is -3.13. The third-order valence-corrected chi connectivity index (χ3v) is 5.11. The van der Waals surface area contributed by atoms with Crippen LogP contribution in [0, 0.1) is 18.6 Å². The zero-order chi connectivity index (χ0) is 20.3. The first-order valence-corrected chi connectivity index (χ1v) is 9.19. The van der Waals surface area contributed by atoms with Gasteiger partial charge in [0, 0.05) is 18.3 Å². The van der Waals surface area contributed by atoms with E-state index in [0.29, 0.717) is 26.8 Å². The number of halogens is 2. The van der Waals surface area contributed by atoms with Crippen LogP contribution in [0.2, 0.25) is 0 Å². The van der Waals surface area contributed by atoms with Gasteiger partial charge in [-0.25, -0.2) is 13.8 Å². The first-order chi connectivity index (χ1) is 13.3. The first-order valence-electron chi connectivity index (χ1n) is 8.38. The van der Waals surface area contributed by atoms with E-state index in [1.807, 2.05) is 0 Å². The molecule has 0 saturated carbocycles. The van der Waals surface area contributed by atoms with Crippen LogP contribution in [-0.2, 0) is 4.79 Å². The van der Waals surface area contributed by atoms with Gasteiger partial charge in [-0.3, -0.25) is 9.59 Å². The number of carbonyl (C=O) groups is 2. The SMILES string of the molecule is Cc1nc(-c2ccc(F)cc2)sc1C(=O)N(C)CC(=O)Nc1cccc(F)c1. The number of rotatable bonds is 5. The summed E-state index contributed by atoms with van der Waals surface area (Å²) in [5.41, 5.74) is 1.56. The van der Waals surface area contributed by atoms with E-state index in [4.69, 9.17) is 0 Å². The minimum atomic E-state index is -0.462. The average molecular weight is 401 g/mol. The monoisotopic (exact) mass is 401 g/mol. The number of amides is 2. The number of hydrogen-bond acceptors (Lipinski definition) is 4. The highest BCUT2D eigenvalue weighted by atomic mass is 32.1. The molecule has 0 spiro atoms. The van der Waals surface area contributed by atoms with E-state index in [2.05, 4.69) is 10.3 Å². The average Bonchev–Trinajstić information content (AvgIpc) is 3.03. The molecule has 5 nitrogen and oxygen atoms in total. The zero-order valence-electron chi connectivity index (χ0n) is 15.2. The number of hydrogen-bond donors (Lipinski definition) is 1. The lowest BCUT2D eigenvalue weighted by atomic mass is 10.2. The molecule has 144 valence electrons. The van der Waals surface area contributed by atoms with Gasteiger partial charge in [-0.05, 0) is 49.4 Å². The zero-order valence-corrected chi connectivity index (χ0v) is 16.0. The Bertz CT molecular complexity index is 1020. The van der Waals surface area contributed by atoms with Crippen LogP contribution in [0.25, 0.3) is 10.6 Å². The van der Waals surface area contributed by atoms with Gasteiger partial charge < -0.3 is 10.2 Å².